The number of methoxy groups -OCH3 is 2. The van der Waals surface area contributed by atoms with Crippen molar-refractivity contribution in [2.24, 2.45) is 0 Å². The maximum absolute atomic E-state index is 13.1. The van der Waals surface area contributed by atoms with Crippen molar-refractivity contribution in [1.82, 2.24) is 9.80 Å². The topological polar surface area (TPSA) is 45.3 Å². The molecule has 0 aliphatic carbocycles. The second-order valence-corrected chi connectivity index (χ2v) is 7.78. The number of amides is 1. The first-order valence-corrected chi connectivity index (χ1v) is 10.3. The molecule has 6 nitrogen and oxygen atoms in total. The summed E-state index contributed by atoms with van der Waals surface area (Å²) < 4.78 is 23.9. The molecule has 0 N–H and O–H groups in total. The lowest BCUT2D eigenvalue weighted by Gasteiger charge is -2.37. The van der Waals surface area contributed by atoms with Gasteiger partial charge in [-0.25, -0.2) is 4.39 Å². The zero-order valence-electron chi connectivity index (χ0n) is 17.6. The standard InChI is InChI=1S/C23H28FN3O3/c1-29-21-13-17-7-8-27(15-18(17)14-22(21)30-2)23(28)16-25-9-11-26(12-10-25)20-5-3-19(24)4-6-20/h3-6,13-14H,7-12,15-16H2,1-2H3. The highest BCUT2D eigenvalue weighted by Gasteiger charge is 2.25. The van der Waals surface area contributed by atoms with Crippen LogP contribution in [0.1, 0.15) is 11.1 Å². The van der Waals surface area contributed by atoms with Crippen LogP contribution in [0.5, 0.6) is 11.5 Å². The van der Waals surface area contributed by atoms with E-state index in [1.807, 2.05) is 29.2 Å². The quantitative estimate of drug-likeness (QED) is 0.754. The Morgan fingerprint density at radius 2 is 1.57 bits per heavy atom. The SMILES string of the molecule is COc1cc2c(cc1OC)CN(C(=O)CN1CCN(c3ccc(F)cc3)CC1)CC2. The molecule has 0 atom stereocenters. The fraction of sp³-hybridized carbons (Fsp3) is 0.435. The number of rotatable bonds is 5. The number of halogens is 1. The lowest BCUT2D eigenvalue weighted by Crippen LogP contribution is -2.50. The van der Waals surface area contributed by atoms with E-state index >= 15 is 0 Å². The molecule has 2 aliphatic rings. The summed E-state index contributed by atoms with van der Waals surface area (Å²) in [5.41, 5.74) is 3.36. The van der Waals surface area contributed by atoms with Gasteiger partial charge in [0.15, 0.2) is 11.5 Å². The number of hydrogen-bond donors (Lipinski definition) is 0. The fourth-order valence-electron chi connectivity index (χ4n) is 4.20. The first-order chi connectivity index (χ1) is 14.6. The van der Waals surface area contributed by atoms with Crippen LogP contribution < -0.4 is 14.4 Å². The highest BCUT2D eigenvalue weighted by Crippen LogP contribution is 2.33. The Hall–Kier alpha value is -2.80. The number of carbonyl (C=O) groups excluding carboxylic acids is 1. The van der Waals surface area contributed by atoms with Crippen LogP contribution in [0, 0.1) is 5.82 Å². The van der Waals surface area contributed by atoms with Gasteiger partial charge in [0.05, 0.1) is 20.8 Å². The number of piperazine rings is 1. The van der Waals surface area contributed by atoms with Gasteiger partial charge in [-0.15, -0.1) is 0 Å². The summed E-state index contributed by atoms with van der Waals surface area (Å²) in [6, 6.07) is 10.6. The van der Waals surface area contributed by atoms with Gasteiger partial charge in [-0.1, -0.05) is 0 Å². The molecular formula is C23H28FN3O3. The molecule has 2 aromatic carbocycles. The minimum atomic E-state index is -0.220. The van der Waals surface area contributed by atoms with Crippen molar-refractivity contribution >= 4 is 11.6 Å². The van der Waals surface area contributed by atoms with E-state index in [0.717, 1.165) is 56.1 Å². The van der Waals surface area contributed by atoms with Gasteiger partial charge >= 0.3 is 0 Å². The number of carbonyl (C=O) groups is 1. The number of benzene rings is 2. The third-order valence-corrected chi connectivity index (χ3v) is 5.99. The van der Waals surface area contributed by atoms with Crippen molar-refractivity contribution in [1.29, 1.82) is 0 Å². The molecule has 30 heavy (non-hydrogen) atoms. The fourth-order valence-corrected chi connectivity index (χ4v) is 4.20. The van der Waals surface area contributed by atoms with Gasteiger partial charge < -0.3 is 19.3 Å². The summed E-state index contributed by atoms with van der Waals surface area (Å²) in [7, 11) is 3.26. The zero-order valence-corrected chi connectivity index (χ0v) is 17.6. The van der Waals surface area contributed by atoms with Crippen LogP contribution in [0.4, 0.5) is 10.1 Å². The molecule has 2 aromatic rings. The first-order valence-electron chi connectivity index (χ1n) is 10.3. The Labute approximate surface area is 176 Å². The molecular weight excluding hydrogens is 385 g/mol. The molecule has 0 aromatic heterocycles. The first kappa shape index (κ1) is 20.5. The van der Waals surface area contributed by atoms with Crippen molar-refractivity contribution in [2.45, 2.75) is 13.0 Å². The molecule has 0 unspecified atom stereocenters. The monoisotopic (exact) mass is 413 g/mol. The summed E-state index contributed by atoms with van der Waals surface area (Å²) in [5, 5.41) is 0. The Kier molecular flexibility index (Phi) is 6.08. The molecule has 1 saturated heterocycles. The van der Waals surface area contributed by atoms with E-state index in [0.29, 0.717) is 18.8 Å². The van der Waals surface area contributed by atoms with E-state index in [-0.39, 0.29) is 11.7 Å². The van der Waals surface area contributed by atoms with Gasteiger partial charge in [0, 0.05) is 45.0 Å². The van der Waals surface area contributed by atoms with E-state index in [2.05, 4.69) is 9.80 Å². The number of anilines is 1. The molecule has 2 aliphatic heterocycles. The third kappa shape index (κ3) is 4.36. The van der Waals surface area contributed by atoms with Crippen molar-refractivity contribution < 1.29 is 18.7 Å². The summed E-state index contributed by atoms with van der Waals surface area (Å²) in [5.74, 6) is 1.37. The molecule has 0 spiro atoms. The number of ether oxygens (including phenoxy) is 2. The summed E-state index contributed by atoms with van der Waals surface area (Å²) in [6.07, 6.45) is 0.819. The minimum Gasteiger partial charge on any atom is -0.493 e. The molecule has 1 fully saturated rings. The van der Waals surface area contributed by atoms with E-state index in [9.17, 15) is 9.18 Å². The largest absolute Gasteiger partial charge is 0.493 e. The molecule has 0 saturated carbocycles. The Morgan fingerprint density at radius 1 is 0.933 bits per heavy atom. The smallest absolute Gasteiger partial charge is 0.237 e. The van der Waals surface area contributed by atoms with Crippen LogP contribution in [0.25, 0.3) is 0 Å². The van der Waals surface area contributed by atoms with Gasteiger partial charge in [-0.3, -0.25) is 9.69 Å². The molecule has 0 radical (unpaired) electrons. The number of nitrogens with zero attached hydrogens (tertiary/aromatic N) is 3. The molecule has 4 rings (SSSR count). The van der Waals surface area contributed by atoms with Crippen LogP contribution in [0.15, 0.2) is 36.4 Å². The van der Waals surface area contributed by atoms with Gasteiger partial charge in [-0.2, -0.15) is 0 Å². The predicted octanol–water partition coefficient (Wildman–Crippen LogP) is 2.55. The average molecular weight is 413 g/mol. The van der Waals surface area contributed by atoms with Crippen molar-refractivity contribution in [3.8, 4) is 11.5 Å². The van der Waals surface area contributed by atoms with E-state index in [1.165, 1.54) is 17.7 Å². The highest BCUT2D eigenvalue weighted by molar-refractivity contribution is 5.78. The second kappa shape index (κ2) is 8.92. The highest BCUT2D eigenvalue weighted by atomic mass is 19.1. The maximum atomic E-state index is 13.1. The predicted molar refractivity (Wildman–Crippen MR) is 114 cm³/mol. The second-order valence-electron chi connectivity index (χ2n) is 7.78. The Morgan fingerprint density at radius 3 is 2.20 bits per heavy atom. The van der Waals surface area contributed by atoms with E-state index < -0.39 is 0 Å². The third-order valence-electron chi connectivity index (χ3n) is 5.99. The minimum absolute atomic E-state index is 0.158. The molecule has 1 amide bonds. The van der Waals surface area contributed by atoms with Crippen LogP contribution in [-0.2, 0) is 17.8 Å². The Balaban J connectivity index is 1.32. The summed E-state index contributed by atoms with van der Waals surface area (Å²) in [6.45, 7) is 5.05. The lowest BCUT2D eigenvalue weighted by molar-refractivity contribution is -0.133. The van der Waals surface area contributed by atoms with Crippen molar-refractivity contribution in [3.05, 3.63) is 53.3 Å². The van der Waals surface area contributed by atoms with Gasteiger partial charge in [0.2, 0.25) is 5.91 Å². The van der Waals surface area contributed by atoms with Gasteiger partial charge in [-0.05, 0) is 53.9 Å². The van der Waals surface area contributed by atoms with E-state index in [4.69, 9.17) is 9.47 Å². The van der Waals surface area contributed by atoms with Gasteiger partial charge in [0.1, 0.15) is 5.82 Å². The maximum Gasteiger partial charge on any atom is 0.237 e. The number of hydrogen-bond acceptors (Lipinski definition) is 5. The van der Waals surface area contributed by atoms with E-state index in [1.54, 1.807) is 14.2 Å². The zero-order chi connectivity index (χ0) is 21.1. The lowest BCUT2D eigenvalue weighted by atomic mass is 9.98. The van der Waals surface area contributed by atoms with Crippen LogP contribution in [0.2, 0.25) is 0 Å². The average Bonchev–Trinajstić information content (AvgIpc) is 2.78. The normalized spacial score (nSPS) is 16.9. The molecule has 0 bridgehead atoms. The van der Waals surface area contributed by atoms with Crippen LogP contribution in [0.3, 0.4) is 0 Å². The molecule has 2 heterocycles. The summed E-state index contributed by atoms with van der Waals surface area (Å²) >= 11 is 0. The van der Waals surface area contributed by atoms with Crippen molar-refractivity contribution in [3.63, 3.8) is 0 Å². The van der Waals surface area contributed by atoms with Crippen LogP contribution in [-0.4, -0.2) is 69.2 Å². The van der Waals surface area contributed by atoms with Crippen LogP contribution >= 0.6 is 0 Å². The van der Waals surface area contributed by atoms with Crippen molar-refractivity contribution in [2.75, 3.05) is 58.4 Å². The molecule has 160 valence electrons. The summed E-state index contributed by atoms with van der Waals surface area (Å²) in [4.78, 5) is 19.3. The Bertz CT molecular complexity index is 895. The molecule has 7 heteroatoms. The number of fused-ring (bicyclic) bond motifs is 1. The van der Waals surface area contributed by atoms with Gasteiger partial charge in [0.25, 0.3) is 0 Å².